The predicted molar refractivity (Wildman–Crippen MR) is 131 cm³/mol. The van der Waals surface area contributed by atoms with E-state index < -0.39 is 5.25 Å². The van der Waals surface area contributed by atoms with Gasteiger partial charge in [0.25, 0.3) is 0 Å². The van der Waals surface area contributed by atoms with Gasteiger partial charge < -0.3 is 20.2 Å². The van der Waals surface area contributed by atoms with Gasteiger partial charge >= 0.3 is 0 Å². The number of para-hydroxylation sites is 1. The van der Waals surface area contributed by atoms with Gasteiger partial charge in [-0.3, -0.25) is 4.79 Å². The molecule has 0 saturated heterocycles. The maximum atomic E-state index is 13.4. The fraction of sp³-hybridized carbons (Fsp3) is 0.160. The first-order chi connectivity index (χ1) is 16.7. The van der Waals surface area contributed by atoms with Crippen LogP contribution in [-0.4, -0.2) is 33.1 Å². The van der Waals surface area contributed by atoms with Gasteiger partial charge in [0.05, 0.1) is 13.2 Å². The normalized spacial score (nSPS) is 16.7. The summed E-state index contributed by atoms with van der Waals surface area (Å²) in [5.74, 6) is 1.91. The average Bonchev–Trinajstić information content (AvgIpc) is 3.30. The minimum Gasteiger partial charge on any atom is -0.497 e. The Bertz CT molecular complexity index is 1270. The van der Waals surface area contributed by atoms with E-state index in [1.54, 1.807) is 17.9 Å². The number of methoxy groups -OCH3 is 1. The van der Waals surface area contributed by atoms with Gasteiger partial charge in [-0.15, -0.1) is 10.2 Å². The second-order valence-corrected chi connectivity index (χ2v) is 8.72. The molecule has 0 saturated carbocycles. The highest BCUT2D eigenvalue weighted by Gasteiger charge is 2.38. The van der Waals surface area contributed by atoms with Crippen molar-refractivity contribution in [3.8, 4) is 11.5 Å². The number of fused-ring (bicyclic) bond motifs is 1. The van der Waals surface area contributed by atoms with Crippen molar-refractivity contribution >= 4 is 23.4 Å². The first-order valence-electron chi connectivity index (χ1n) is 10.8. The van der Waals surface area contributed by atoms with Crippen molar-refractivity contribution in [2.75, 3.05) is 17.9 Å². The zero-order valence-electron chi connectivity index (χ0n) is 18.4. The monoisotopic (exact) mass is 473 g/mol. The second kappa shape index (κ2) is 9.88. The summed E-state index contributed by atoms with van der Waals surface area (Å²) < 4.78 is 12.9. The van der Waals surface area contributed by atoms with Crippen molar-refractivity contribution in [3.63, 3.8) is 0 Å². The lowest BCUT2D eigenvalue weighted by molar-refractivity contribution is -0.116. The summed E-state index contributed by atoms with van der Waals surface area (Å²) in [6, 6.07) is 26.4. The number of ether oxygens (including phenoxy) is 2. The van der Waals surface area contributed by atoms with Crippen LogP contribution in [0.25, 0.3) is 0 Å². The molecular weight excluding hydrogens is 450 g/mol. The lowest BCUT2D eigenvalue weighted by Crippen LogP contribution is -2.41. The molecule has 5 rings (SSSR count). The Balaban J connectivity index is 1.40. The number of carbonyl (C=O) groups is 1. The number of carbonyl (C=O) groups excluding carboxylic acids is 1. The van der Waals surface area contributed by atoms with Crippen molar-refractivity contribution in [3.05, 3.63) is 96.3 Å². The minimum absolute atomic E-state index is 0.143. The average molecular weight is 474 g/mol. The number of thioether (sulfide) groups is 1. The van der Waals surface area contributed by atoms with Crippen molar-refractivity contribution in [1.82, 2.24) is 14.9 Å². The molecule has 172 valence electrons. The van der Waals surface area contributed by atoms with Gasteiger partial charge in [0.1, 0.15) is 23.4 Å². The molecule has 4 aromatic rings. The zero-order valence-corrected chi connectivity index (χ0v) is 19.2. The van der Waals surface area contributed by atoms with E-state index in [1.807, 2.05) is 78.9 Å². The van der Waals surface area contributed by atoms with Crippen LogP contribution in [0.2, 0.25) is 0 Å². The first kappa shape index (κ1) is 21.8. The molecule has 2 atom stereocenters. The molecule has 0 bridgehead atoms. The molecule has 0 unspecified atom stereocenters. The summed E-state index contributed by atoms with van der Waals surface area (Å²) in [5.41, 5.74) is 5.09. The molecule has 1 aliphatic heterocycles. The largest absolute Gasteiger partial charge is 0.497 e. The molecule has 1 aromatic heterocycles. The van der Waals surface area contributed by atoms with E-state index in [0.29, 0.717) is 22.4 Å². The van der Waals surface area contributed by atoms with Crippen LogP contribution in [0, 0.1) is 0 Å². The quantitative estimate of drug-likeness (QED) is 0.414. The number of amides is 1. The number of hydrogen-bond donors (Lipinski definition) is 2. The SMILES string of the molecule is COc1cccc(NC(=O)[C@@H]2Sc3nnc(COc4ccccc4)n3N[C@H]2c2ccccc2)c1. The third-order valence-corrected chi connectivity index (χ3v) is 6.58. The van der Waals surface area contributed by atoms with Crippen LogP contribution in [0.4, 0.5) is 5.69 Å². The van der Waals surface area contributed by atoms with E-state index in [4.69, 9.17) is 9.47 Å². The summed E-state index contributed by atoms with van der Waals surface area (Å²) in [4.78, 5) is 13.4. The van der Waals surface area contributed by atoms with Crippen LogP contribution >= 0.6 is 11.8 Å². The van der Waals surface area contributed by atoms with Gasteiger partial charge in [-0.2, -0.15) is 0 Å². The van der Waals surface area contributed by atoms with Crippen molar-refractivity contribution < 1.29 is 14.3 Å². The molecule has 2 N–H and O–H groups in total. The summed E-state index contributed by atoms with van der Waals surface area (Å²) in [6.45, 7) is 0.243. The maximum Gasteiger partial charge on any atom is 0.240 e. The molecule has 1 amide bonds. The van der Waals surface area contributed by atoms with Gasteiger partial charge in [0.2, 0.25) is 11.1 Å². The Hall–Kier alpha value is -3.98. The summed E-state index contributed by atoms with van der Waals surface area (Å²) in [6.07, 6.45) is 0. The van der Waals surface area contributed by atoms with E-state index in [9.17, 15) is 4.79 Å². The summed E-state index contributed by atoms with van der Waals surface area (Å²) in [7, 11) is 1.60. The Morgan fingerprint density at radius 1 is 1.00 bits per heavy atom. The van der Waals surface area contributed by atoms with Crippen LogP contribution in [0.15, 0.2) is 90.1 Å². The molecule has 3 aromatic carbocycles. The predicted octanol–water partition coefficient (Wildman–Crippen LogP) is 4.26. The number of rotatable bonds is 7. The van der Waals surface area contributed by atoms with Crippen LogP contribution < -0.4 is 20.2 Å². The van der Waals surface area contributed by atoms with Crippen molar-refractivity contribution in [2.24, 2.45) is 0 Å². The van der Waals surface area contributed by atoms with E-state index in [1.165, 1.54) is 11.8 Å². The van der Waals surface area contributed by atoms with Crippen LogP contribution in [0.5, 0.6) is 11.5 Å². The summed E-state index contributed by atoms with van der Waals surface area (Å²) >= 11 is 1.37. The van der Waals surface area contributed by atoms with Gasteiger partial charge in [-0.05, 0) is 29.8 Å². The molecule has 0 aliphatic carbocycles. The van der Waals surface area contributed by atoms with Crippen LogP contribution in [-0.2, 0) is 11.4 Å². The first-order valence-corrected chi connectivity index (χ1v) is 11.6. The molecule has 1 aliphatic rings. The summed E-state index contributed by atoms with van der Waals surface area (Å²) in [5, 5.41) is 11.7. The van der Waals surface area contributed by atoms with Crippen LogP contribution in [0.1, 0.15) is 17.4 Å². The highest BCUT2D eigenvalue weighted by Crippen LogP contribution is 2.37. The van der Waals surface area contributed by atoms with E-state index in [0.717, 1.165) is 11.3 Å². The number of aromatic nitrogens is 3. The lowest BCUT2D eigenvalue weighted by Gasteiger charge is -2.33. The number of benzene rings is 3. The molecule has 2 heterocycles. The molecule has 34 heavy (non-hydrogen) atoms. The number of hydrogen-bond acceptors (Lipinski definition) is 7. The van der Waals surface area contributed by atoms with Gasteiger partial charge in [-0.25, -0.2) is 4.68 Å². The molecule has 8 nitrogen and oxygen atoms in total. The standard InChI is InChI=1S/C25H23N5O3S/c1-32-20-14-8-11-18(15-20)26-24(31)23-22(17-9-4-2-5-10-17)29-30-21(27-28-25(30)34-23)16-33-19-12-6-3-7-13-19/h2-15,22-23,29H,16H2,1H3,(H,26,31)/t22-,23+/m0/s1. The third kappa shape index (κ3) is 4.69. The fourth-order valence-electron chi connectivity index (χ4n) is 3.68. The van der Waals surface area contributed by atoms with Gasteiger partial charge in [0, 0.05) is 11.8 Å². The van der Waals surface area contributed by atoms with Crippen LogP contribution in [0.3, 0.4) is 0 Å². The number of anilines is 1. The Labute approximate surface area is 201 Å². The lowest BCUT2D eigenvalue weighted by atomic mass is 10.0. The zero-order chi connectivity index (χ0) is 23.3. The third-order valence-electron chi connectivity index (χ3n) is 5.37. The number of nitrogens with one attached hydrogen (secondary N) is 2. The highest BCUT2D eigenvalue weighted by atomic mass is 32.2. The molecule has 0 spiro atoms. The topological polar surface area (TPSA) is 90.3 Å². The minimum atomic E-state index is -0.479. The van der Waals surface area contributed by atoms with E-state index in [-0.39, 0.29) is 18.6 Å². The fourth-order valence-corrected chi connectivity index (χ4v) is 4.78. The molecular formula is C25H23N5O3S. The molecule has 0 fully saturated rings. The van der Waals surface area contributed by atoms with E-state index >= 15 is 0 Å². The van der Waals surface area contributed by atoms with E-state index in [2.05, 4.69) is 20.9 Å². The Kier molecular flexibility index (Phi) is 6.35. The highest BCUT2D eigenvalue weighted by molar-refractivity contribution is 8.00. The smallest absolute Gasteiger partial charge is 0.240 e. The Morgan fingerprint density at radius 2 is 1.74 bits per heavy atom. The van der Waals surface area contributed by atoms with Gasteiger partial charge in [0.15, 0.2) is 5.82 Å². The molecule has 9 heteroatoms. The second-order valence-electron chi connectivity index (χ2n) is 7.61. The Morgan fingerprint density at radius 3 is 2.50 bits per heavy atom. The van der Waals surface area contributed by atoms with Gasteiger partial charge in [-0.1, -0.05) is 66.4 Å². The number of nitrogens with zero attached hydrogens (tertiary/aromatic N) is 3. The molecule has 0 radical (unpaired) electrons. The maximum absolute atomic E-state index is 13.4. The van der Waals surface area contributed by atoms with Crippen molar-refractivity contribution in [2.45, 2.75) is 23.1 Å². The van der Waals surface area contributed by atoms with Crippen molar-refractivity contribution in [1.29, 1.82) is 0 Å².